The number of primary amides is 1. The number of benzene rings is 1. The van der Waals surface area contributed by atoms with Crippen LogP contribution in [0.3, 0.4) is 0 Å². The average molecular weight is 347 g/mol. The van der Waals surface area contributed by atoms with E-state index < -0.39 is 15.7 Å². The third kappa shape index (κ3) is 6.77. The largest absolute Gasteiger partial charge is 0.369 e. The molecule has 0 aliphatic heterocycles. The van der Waals surface area contributed by atoms with E-state index >= 15 is 0 Å². The van der Waals surface area contributed by atoms with Crippen LogP contribution < -0.4 is 5.73 Å². The van der Waals surface area contributed by atoms with E-state index in [0.717, 1.165) is 0 Å². The van der Waals surface area contributed by atoms with Gasteiger partial charge in [-0.1, -0.05) is 25.4 Å². The zero-order valence-corrected chi connectivity index (χ0v) is 14.5. The predicted octanol–water partition coefficient (Wildman–Crippen LogP) is 1.95. The van der Waals surface area contributed by atoms with Gasteiger partial charge < -0.3 is 5.73 Å². The Morgan fingerprint density at radius 3 is 2.36 bits per heavy atom. The molecule has 1 aromatic carbocycles. The molecular formula is C15H23ClN2O3S. The van der Waals surface area contributed by atoms with Gasteiger partial charge in [0.2, 0.25) is 5.91 Å². The van der Waals surface area contributed by atoms with Crippen molar-refractivity contribution >= 4 is 27.3 Å². The van der Waals surface area contributed by atoms with Crippen LogP contribution in [0, 0.1) is 5.92 Å². The lowest BCUT2D eigenvalue weighted by molar-refractivity contribution is -0.119. The molecule has 1 aromatic rings. The Labute approximate surface area is 137 Å². The van der Waals surface area contributed by atoms with Crippen LogP contribution in [0.1, 0.15) is 20.3 Å². The van der Waals surface area contributed by atoms with Gasteiger partial charge in [-0.2, -0.15) is 0 Å². The van der Waals surface area contributed by atoms with E-state index in [-0.39, 0.29) is 17.2 Å². The molecule has 2 N–H and O–H groups in total. The summed E-state index contributed by atoms with van der Waals surface area (Å²) in [5, 5.41) is 0.503. The highest BCUT2D eigenvalue weighted by atomic mass is 35.5. The molecule has 1 amide bonds. The summed E-state index contributed by atoms with van der Waals surface area (Å²) in [5.41, 5.74) is 5.22. The van der Waals surface area contributed by atoms with Crippen molar-refractivity contribution in [2.24, 2.45) is 11.7 Å². The van der Waals surface area contributed by atoms with Crippen LogP contribution in [0.2, 0.25) is 5.02 Å². The highest BCUT2D eigenvalue weighted by Crippen LogP contribution is 2.16. The van der Waals surface area contributed by atoms with Gasteiger partial charge in [-0.3, -0.25) is 9.69 Å². The normalized spacial score (nSPS) is 12.0. The molecule has 0 bridgehead atoms. The monoisotopic (exact) mass is 346 g/mol. The van der Waals surface area contributed by atoms with E-state index in [2.05, 4.69) is 0 Å². The number of nitrogens with two attached hydrogens (primary N) is 1. The summed E-state index contributed by atoms with van der Waals surface area (Å²) < 4.78 is 24.4. The Hall–Kier alpha value is -1.11. The smallest absolute Gasteiger partial charge is 0.231 e. The molecule has 0 saturated heterocycles. The molecular weight excluding hydrogens is 324 g/mol. The van der Waals surface area contributed by atoms with Gasteiger partial charge in [-0.15, -0.1) is 0 Å². The average Bonchev–Trinajstić information content (AvgIpc) is 2.37. The number of rotatable bonds is 9. The van der Waals surface area contributed by atoms with Crippen LogP contribution in [0.25, 0.3) is 0 Å². The number of carbonyl (C=O) groups is 1. The van der Waals surface area contributed by atoms with E-state index in [1.54, 1.807) is 12.1 Å². The zero-order valence-electron chi connectivity index (χ0n) is 13.0. The fourth-order valence-electron chi connectivity index (χ4n) is 2.21. The molecule has 1 rings (SSSR count). The Kier molecular flexibility index (Phi) is 7.32. The fourth-order valence-corrected chi connectivity index (χ4v) is 3.63. The lowest BCUT2D eigenvalue weighted by Gasteiger charge is -2.22. The minimum atomic E-state index is -3.33. The number of nitrogens with zero attached hydrogens (tertiary/aromatic N) is 1. The first-order chi connectivity index (χ1) is 10.2. The zero-order chi connectivity index (χ0) is 16.8. The number of hydrogen-bond donors (Lipinski definition) is 1. The molecule has 124 valence electrons. The van der Waals surface area contributed by atoms with Gasteiger partial charge in [0.1, 0.15) is 0 Å². The van der Waals surface area contributed by atoms with Crippen molar-refractivity contribution in [2.75, 3.05) is 25.4 Å². The number of amides is 1. The van der Waals surface area contributed by atoms with Gasteiger partial charge in [-0.05, 0) is 43.1 Å². The number of halogens is 1. The molecule has 0 aliphatic carbocycles. The molecule has 0 fully saturated rings. The lowest BCUT2D eigenvalue weighted by Crippen LogP contribution is -2.37. The second-order valence-electron chi connectivity index (χ2n) is 5.72. The highest BCUT2D eigenvalue weighted by molar-refractivity contribution is 7.91. The Bertz CT molecular complexity index is 585. The molecule has 5 nitrogen and oxygen atoms in total. The summed E-state index contributed by atoms with van der Waals surface area (Å²) in [6.07, 6.45) is 0.449. The molecule has 0 spiro atoms. The Balaban J connectivity index is 2.59. The third-order valence-electron chi connectivity index (χ3n) is 3.06. The van der Waals surface area contributed by atoms with Gasteiger partial charge in [-0.25, -0.2) is 8.42 Å². The first kappa shape index (κ1) is 18.9. The molecule has 0 unspecified atom stereocenters. The van der Waals surface area contributed by atoms with Crippen LogP contribution in [0.15, 0.2) is 29.2 Å². The Morgan fingerprint density at radius 2 is 1.86 bits per heavy atom. The second kappa shape index (κ2) is 8.50. The van der Waals surface area contributed by atoms with Gasteiger partial charge in [0, 0.05) is 11.6 Å². The van der Waals surface area contributed by atoms with Gasteiger partial charge in [0.15, 0.2) is 9.84 Å². The van der Waals surface area contributed by atoms with E-state index in [9.17, 15) is 13.2 Å². The van der Waals surface area contributed by atoms with Crippen molar-refractivity contribution in [1.82, 2.24) is 4.90 Å². The van der Waals surface area contributed by atoms with E-state index in [1.807, 2.05) is 18.7 Å². The summed E-state index contributed by atoms with van der Waals surface area (Å²) in [7, 11) is -3.33. The van der Waals surface area contributed by atoms with Crippen molar-refractivity contribution < 1.29 is 13.2 Å². The predicted molar refractivity (Wildman–Crippen MR) is 88.6 cm³/mol. The van der Waals surface area contributed by atoms with Gasteiger partial charge in [0.05, 0.1) is 17.2 Å². The maximum absolute atomic E-state index is 12.2. The maximum atomic E-state index is 12.2. The van der Waals surface area contributed by atoms with E-state index in [1.165, 1.54) is 12.1 Å². The maximum Gasteiger partial charge on any atom is 0.231 e. The summed E-state index contributed by atoms with van der Waals surface area (Å²) in [4.78, 5) is 13.2. The molecule has 0 heterocycles. The molecule has 0 aromatic heterocycles. The fraction of sp³-hybridized carbons (Fsp3) is 0.533. The van der Waals surface area contributed by atoms with E-state index in [4.69, 9.17) is 17.3 Å². The van der Waals surface area contributed by atoms with Crippen LogP contribution in [0.4, 0.5) is 0 Å². The molecule has 22 heavy (non-hydrogen) atoms. The molecule has 0 atom stereocenters. The summed E-state index contributed by atoms with van der Waals surface area (Å²) >= 11 is 5.76. The summed E-state index contributed by atoms with van der Waals surface area (Å²) in [5.74, 6) is 0.00978. The topological polar surface area (TPSA) is 80.5 Å². The van der Waals surface area contributed by atoms with Gasteiger partial charge >= 0.3 is 0 Å². The van der Waals surface area contributed by atoms with Crippen LogP contribution in [0.5, 0.6) is 0 Å². The molecule has 0 aliphatic rings. The third-order valence-corrected chi connectivity index (χ3v) is 5.13. The summed E-state index contributed by atoms with van der Waals surface area (Å²) in [6, 6.07) is 6.14. The number of carbonyl (C=O) groups excluding carboxylic acids is 1. The lowest BCUT2D eigenvalue weighted by atomic mass is 10.2. The first-order valence-electron chi connectivity index (χ1n) is 7.19. The first-order valence-corrected chi connectivity index (χ1v) is 9.22. The van der Waals surface area contributed by atoms with Crippen LogP contribution in [-0.4, -0.2) is 44.6 Å². The van der Waals surface area contributed by atoms with Crippen LogP contribution >= 0.6 is 11.6 Å². The second-order valence-corrected chi connectivity index (χ2v) is 8.27. The Morgan fingerprint density at radius 1 is 1.27 bits per heavy atom. The molecule has 7 heteroatoms. The standard InChI is InChI=1S/C15H23ClN2O3S/c1-12(2)10-18(11-15(17)19)8-3-9-22(20,21)14-6-4-13(16)5-7-14/h4-7,12H,3,8-11H2,1-2H3,(H2,17,19). The quantitative estimate of drug-likeness (QED) is 0.741. The van der Waals surface area contributed by atoms with Crippen LogP contribution in [-0.2, 0) is 14.6 Å². The number of hydrogen-bond acceptors (Lipinski definition) is 4. The minimum Gasteiger partial charge on any atom is -0.369 e. The highest BCUT2D eigenvalue weighted by Gasteiger charge is 2.16. The van der Waals surface area contributed by atoms with Crippen molar-refractivity contribution in [2.45, 2.75) is 25.2 Å². The van der Waals surface area contributed by atoms with Crippen molar-refractivity contribution in [3.63, 3.8) is 0 Å². The van der Waals surface area contributed by atoms with E-state index in [0.29, 0.717) is 30.5 Å². The SMILES string of the molecule is CC(C)CN(CCCS(=O)(=O)c1ccc(Cl)cc1)CC(N)=O. The van der Waals surface area contributed by atoms with Crippen molar-refractivity contribution in [3.8, 4) is 0 Å². The molecule has 0 saturated carbocycles. The number of sulfone groups is 1. The minimum absolute atomic E-state index is 0.0298. The molecule has 0 radical (unpaired) electrons. The summed E-state index contributed by atoms with van der Waals surface area (Å²) in [6.45, 7) is 5.47. The van der Waals surface area contributed by atoms with Crippen molar-refractivity contribution in [3.05, 3.63) is 29.3 Å². The van der Waals surface area contributed by atoms with Crippen molar-refractivity contribution in [1.29, 1.82) is 0 Å². The van der Waals surface area contributed by atoms with Gasteiger partial charge in [0.25, 0.3) is 0 Å².